The monoisotopic (exact) mass is 301 g/mol. The molecule has 0 N–H and O–H groups in total. The summed E-state index contributed by atoms with van der Waals surface area (Å²) in [5.41, 5.74) is 4.82. The number of anilines is 1. The van der Waals surface area contributed by atoms with Gasteiger partial charge in [-0.05, 0) is 37.8 Å². The lowest BCUT2D eigenvalue weighted by Gasteiger charge is -2.35. The molecule has 2 aromatic rings. The molecule has 1 unspecified atom stereocenters. The van der Waals surface area contributed by atoms with Crippen LogP contribution in [0.15, 0.2) is 24.3 Å². The molecule has 110 valence electrons. The van der Waals surface area contributed by atoms with Crippen LogP contribution < -0.4 is 4.90 Å². The maximum Gasteiger partial charge on any atom is 0.227 e. The molecule has 2 heterocycles. The van der Waals surface area contributed by atoms with Crippen LogP contribution in [0.1, 0.15) is 42.3 Å². The van der Waals surface area contributed by atoms with Crippen LogP contribution in [0.25, 0.3) is 0 Å². The molecule has 0 fully saturated rings. The molecule has 0 saturated carbocycles. The number of rotatable bonds is 2. The Morgan fingerprint density at radius 2 is 2.05 bits per heavy atom. The number of fused-ring (bicyclic) bond motifs is 1. The first-order chi connectivity index (χ1) is 10.1. The maximum absolute atomic E-state index is 6.29. The molecule has 1 aromatic heterocycles. The lowest BCUT2D eigenvalue weighted by atomic mass is 9.94. The van der Waals surface area contributed by atoms with Gasteiger partial charge in [0, 0.05) is 12.1 Å². The molecule has 0 saturated heterocycles. The van der Waals surface area contributed by atoms with Gasteiger partial charge in [0.2, 0.25) is 5.95 Å². The third-order valence-electron chi connectivity index (χ3n) is 4.36. The topological polar surface area (TPSA) is 29.0 Å². The minimum atomic E-state index is 0.276. The van der Waals surface area contributed by atoms with Crippen LogP contribution in [0.5, 0.6) is 0 Å². The van der Waals surface area contributed by atoms with Crippen molar-refractivity contribution in [2.75, 3.05) is 11.4 Å². The predicted molar refractivity (Wildman–Crippen MR) is 87.1 cm³/mol. The zero-order chi connectivity index (χ0) is 15.0. The van der Waals surface area contributed by atoms with Gasteiger partial charge in [0.15, 0.2) is 0 Å². The fourth-order valence-electron chi connectivity index (χ4n) is 3.04. The fraction of sp³-hybridized carbons (Fsp3) is 0.412. The highest BCUT2D eigenvalue weighted by Gasteiger charge is 2.26. The third kappa shape index (κ3) is 2.51. The molecule has 1 aliphatic rings. The Kier molecular flexibility index (Phi) is 3.85. The van der Waals surface area contributed by atoms with Crippen molar-refractivity contribution in [2.45, 2.75) is 39.7 Å². The summed E-state index contributed by atoms with van der Waals surface area (Å²) in [7, 11) is 0. The number of benzene rings is 1. The largest absolute Gasteiger partial charge is 0.334 e. The lowest BCUT2D eigenvalue weighted by molar-refractivity contribution is 0.606. The summed E-state index contributed by atoms with van der Waals surface area (Å²) in [6.45, 7) is 7.23. The normalized spacial score (nSPS) is 17.7. The zero-order valence-electron chi connectivity index (χ0n) is 12.7. The van der Waals surface area contributed by atoms with Crippen LogP contribution >= 0.6 is 11.6 Å². The molecule has 0 aliphatic carbocycles. The van der Waals surface area contributed by atoms with Gasteiger partial charge in [-0.2, -0.15) is 0 Å². The van der Waals surface area contributed by atoms with Crippen LogP contribution in [0, 0.1) is 6.92 Å². The van der Waals surface area contributed by atoms with Gasteiger partial charge in [-0.1, -0.05) is 42.8 Å². The molecular formula is C17H20ClN3. The van der Waals surface area contributed by atoms with E-state index in [1.54, 1.807) is 0 Å². The molecule has 21 heavy (non-hydrogen) atoms. The molecule has 0 amide bonds. The highest BCUT2D eigenvalue weighted by atomic mass is 35.5. The smallest absolute Gasteiger partial charge is 0.227 e. The molecule has 1 aromatic carbocycles. The Balaban J connectivity index is 2.01. The average molecular weight is 302 g/mol. The SMILES string of the molecule is CCc1nc(N2CCc3ccccc3C2C)nc(Cl)c1C. The summed E-state index contributed by atoms with van der Waals surface area (Å²) in [6.07, 6.45) is 1.90. The summed E-state index contributed by atoms with van der Waals surface area (Å²) < 4.78 is 0. The predicted octanol–water partition coefficient (Wildman–Crippen LogP) is 4.12. The van der Waals surface area contributed by atoms with Crippen LogP contribution in [-0.4, -0.2) is 16.5 Å². The minimum absolute atomic E-state index is 0.276. The van der Waals surface area contributed by atoms with E-state index in [1.165, 1.54) is 11.1 Å². The average Bonchev–Trinajstić information content (AvgIpc) is 2.50. The van der Waals surface area contributed by atoms with Gasteiger partial charge in [0.05, 0.1) is 11.7 Å². The van der Waals surface area contributed by atoms with Crippen molar-refractivity contribution in [3.05, 3.63) is 51.8 Å². The summed E-state index contributed by atoms with van der Waals surface area (Å²) in [5, 5.41) is 0.572. The highest BCUT2D eigenvalue weighted by Crippen LogP contribution is 2.32. The van der Waals surface area contributed by atoms with Gasteiger partial charge < -0.3 is 4.90 Å². The van der Waals surface area contributed by atoms with E-state index in [9.17, 15) is 0 Å². The number of aromatic nitrogens is 2. The highest BCUT2D eigenvalue weighted by molar-refractivity contribution is 6.30. The van der Waals surface area contributed by atoms with Crippen molar-refractivity contribution < 1.29 is 0 Å². The number of aryl methyl sites for hydroxylation is 1. The summed E-state index contributed by atoms with van der Waals surface area (Å²) in [6, 6.07) is 8.89. The van der Waals surface area contributed by atoms with E-state index in [-0.39, 0.29) is 6.04 Å². The molecule has 1 atom stereocenters. The summed E-state index contributed by atoms with van der Waals surface area (Å²) >= 11 is 6.29. The number of hydrogen-bond acceptors (Lipinski definition) is 3. The Morgan fingerprint density at radius 3 is 2.81 bits per heavy atom. The Bertz CT molecular complexity index is 669. The van der Waals surface area contributed by atoms with Gasteiger partial charge >= 0.3 is 0 Å². The summed E-state index contributed by atoms with van der Waals surface area (Å²) in [4.78, 5) is 11.5. The maximum atomic E-state index is 6.29. The van der Waals surface area contributed by atoms with Gasteiger partial charge in [-0.15, -0.1) is 0 Å². The zero-order valence-corrected chi connectivity index (χ0v) is 13.5. The van der Waals surface area contributed by atoms with Crippen molar-refractivity contribution in [3.8, 4) is 0 Å². The second-order valence-corrected chi connectivity index (χ2v) is 5.92. The second-order valence-electron chi connectivity index (χ2n) is 5.56. The van der Waals surface area contributed by atoms with Crippen LogP contribution in [-0.2, 0) is 12.8 Å². The minimum Gasteiger partial charge on any atom is -0.334 e. The van der Waals surface area contributed by atoms with E-state index in [0.29, 0.717) is 5.15 Å². The van der Waals surface area contributed by atoms with Gasteiger partial charge in [0.25, 0.3) is 0 Å². The number of hydrogen-bond donors (Lipinski definition) is 0. The van der Waals surface area contributed by atoms with E-state index >= 15 is 0 Å². The Hall–Kier alpha value is -1.61. The molecule has 1 aliphatic heterocycles. The first-order valence-corrected chi connectivity index (χ1v) is 7.87. The van der Waals surface area contributed by atoms with Gasteiger partial charge in [0.1, 0.15) is 5.15 Å². The van der Waals surface area contributed by atoms with E-state index in [0.717, 1.165) is 36.6 Å². The molecule has 0 spiro atoms. The van der Waals surface area contributed by atoms with E-state index in [2.05, 4.69) is 48.0 Å². The first-order valence-electron chi connectivity index (χ1n) is 7.49. The Morgan fingerprint density at radius 1 is 1.29 bits per heavy atom. The van der Waals surface area contributed by atoms with Crippen LogP contribution in [0.3, 0.4) is 0 Å². The van der Waals surface area contributed by atoms with E-state index in [4.69, 9.17) is 16.6 Å². The quantitative estimate of drug-likeness (QED) is 0.781. The van der Waals surface area contributed by atoms with Crippen molar-refractivity contribution in [3.63, 3.8) is 0 Å². The lowest BCUT2D eigenvalue weighted by Crippen LogP contribution is -2.35. The number of halogens is 1. The van der Waals surface area contributed by atoms with Crippen molar-refractivity contribution in [1.82, 2.24) is 9.97 Å². The van der Waals surface area contributed by atoms with Crippen molar-refractivity contribution in [2.24, 2.45) is 0 Å². The van der Waals surface area contributed by atoms with Crippen molar-refractivity contribution >= 4 is 17.5 Å². The molecule has 0 bridgehead atoms. The number of nitrogens with zero attached hydrogens (tertiary/aromatic N) is 3. The van der Waals surface area contributed by atoms with Crippen molar-refractivity contribution in [1.29, 1.82) is 0 Å². The third-order valence-corrected chi connectivity index (χ3v) is 4.73. The molecule has 3 rings (SSSR count). The molecule has 0 radical (unpaired) electrons. The molecular weight excluding hydrogens is 282 g/mol. The van der Waals surface area contributed by atoms with Gasteiger partial charge in [-0.3, -0.25) is 0 Å². The van der Waals surface area contributed by atoms with Crippen LogP contribution in [0.2, 0.25) is 5.15 Å². The van der Waals surface area contributed by atoms with E-state index < -0.39 is 0 Å². The van der Waals surface area contributed by atoms with Gasteiger partial charge in [-0.25, -0.2) is 9.97 Å². The Labute approximate surface area is 131 Å². The fourth-order valence-corrected chi connectivity index (χ4v) is 3.22. The first kappa shape index (κ1) is 14.3. The van der Waals surface area contributed by atoms with Crippen LogP contribution in [0.4, 0.5) is 5.95 Å². The molecule has 4 heteroatoms. The molecule has 3 nitrogen and oxygen atoms in total. The standard InChI is InChI=1S/C17H20ClN3/c1-4-15-11(2)16(18)20-17(19-15)21-10-9-13-7-5-6-8-14(13)12(21)3/h5-8,12H,4,9-10H2,1-3H3. The second kappa shape index (κ2) is 5.64. The van der Waals surface area contributed by atoms with E-state index in [1.807, 2.05) is 6.92 Å². The summed E-state index contributed by atoms with van der Waals surface area (Å²) in [5.74, 6) is 0.754.